The Bertz CT molecular complexity index is 1960. The maximum absolute atomic E-state index is 14.6. The standard InChI is InChI=1S/C42H48FN5O7/c1-45(48-22-19-42(20-23-48,32-8-6-5-7-9-32)44-41(52)47-26-24-46(25-27-47)21-18-36(49)50)40(51)34-28-35(53-2)38(54-3)39(55-4)37(34)31-12-10-29(11-13-31)30-14-16-33(43)17-15-30/h5-17,28H,18-27H2,1-4H3,(H,44,52)(H,49,50). The number of urea groups is 1. The van der Waals surface area contributed by atoms with Gasteiger partial charge >= 0.3 is 12.0 Å². The van der Waals surface area contributed by atoms with Crippen LogP contribution in [0.2, 0.25) is 0 Å². The van der Waals surface area contributed by atoms with Crippen molar-refractivity contribution in [3.05, 3.63) is 102 Å². The zero-order valence-electron chi connectivity index (χ0n) is 31.7. The molecule has 55 heavy (non-hydrogen) atoms. The third-order valence-electron chi connectivity index (χ3n) is 10.7. The van der Waals surface area contributed by atoms with Gasteiger partial charge in [0.05, 0.1) is 38.9 Å². The van der Waals surface area contributed by atoms with Gasteiger partial charge in [0, 0.05) is 58.4 Å². The van der Waals surface area contributed by atoms with Crippen molar-refractivity contribution in [2.45, 2.75) is 24.8 Å². The van der Waals surface area contributed by atoms with E-state index in [1.807, 2.05) is 59.6 Å². The molecule has 0 aromatic heterocycles. The number of piperidine rings is 1. The molecule has 13 heteroatoms. The Hall–Kier alpha value is -5.66. The molecule has 0 radical (unpaired) electrons. The molecule has 2 aliphatic rings. The molecule has 0 aliphatic carbocycles. The number of carboxylic acid groups (broad SMARTS) is 1. The van der Waals surface area contributed by atoms with Gasteiger partial charge in [-0.25, -0.2) is 14.2 Å². The number of halogens is 1. The smallest absolute Gasteiger partial charge is 0.318 e. The lowest BCUT2D eigenvalue weighted by Crippen LogP contribution is -2.60. The summed E-state index contributed by atoms with van der Waals surface area (Å²) in [5.74, 6) is -0.385. The molecule has 2 saturated heterocycles. The second kappa shape index (κ2) is 17.2. The highest BCUT2D eigenvalue weighted by molar-refractivity contribution is 6.04. The van der Waals surface area contributed by atoms with Gasteiger partial charge in [-0.3, -0.25) is 19.5 Å². The second-order valence-corrected chi connectivity index (χ2v) is 13.8. The molecule has 0 spiro atoms. The van der Waals surface area contributed by atoms with Crippen molar-refractivity contribution in [2.24, 2.45) is 0 Å². The number of carbonyl (C=O) groups is 3. The second-order valence-electron chi connectivity index (χ2n) is 13.8. The zero-order valence-corrected chi connectivity index (χ0v) is 31.7. The number of hydrogen-bond acceptors (Lipinski definition) is 8. The summed E-state index contributed by atoms with van der Waals surface area (Å²) in [5.41, 5.74) is 3.67. The van der Waals surface area contributed by atoms with Gasteiger partial charge in [0.25, 0.3) is 5.91 Å². The van der Waals surface area contributed by atoms with E-state index in [0.717, 1.165) is 16.7 Å². The van der Waals surface area contributed by atoms with Gasteiger partial charge in [-0.1, -0.05) is 66.7 Å². The minimum absolute atomic E-state index is 0.0730. The molecule has 2 fully saturated rings. The van der Waals surface area contributed by atoms with Crippen LogP contribution < -0.4 is 19.5 Å². The number of nitrogens with zero attached hydrogens (tertiary/aromatic N) is 4. The summed E-state index contributed by atoms with van der Waals surface area (Å²) < 4.78 is 30.9. The van der Waals surface area contributed by atoms with Crippen molar-refractivity contribution in [1.29, 1.82) is 0 Å². The van der Waals surface area contributed by atoms with Crippen molar-refractivity contribution in [3.8, 4) is 39.5 Å². The predicted octanol–water partition coefficient (Wildman–Crippen LogP) is 5.97. The van der Waals surface area contributed by atoms with Gasteiger partial charge in [0.2, 0.25) is 5.75 Å². The molecule has 2 N–H and O–H groups in total. The molecular weight excluding hydrogens is 705 g/mol. The first-order chi connectivity index (χ1) is 26.6. The number of nitrogens with one attached hydrogen (secondary N) is 1. The number of ether oxygens (including phenoxy) is 3. The first-order valence-corrected chi connectivity index (χ1v) is 18.4. The first kappa shape index (κ1) is 39.0. The SMILES string of the molecule is COc1cc(C(=O)N(C)N2CCC(NC(=O)N3CCN(CCC(=O)O)CC3)(c3ccccc3)CC2)c(-c2ccc(-c3ccc(F)cc3)cc2)c(OC)c1OC. The number of methoxy groups -OCH3 is 3. The minimum atomic E-state index is -0.832. The molecule has 2 aliphatic heterocycles. The van der Waals surface area contributed by atoms with E-state index in [-0.39, 0.29) is 24.2 Å². The van der Waals surface area contributed by atoms with Gasteiger partial charge in [0.15, 0.2) is 11.5 Å². The molecule has 0 unspecified atom stereocenters. The first-order valence-electron chi connectivity index (χ1n) is 18.4. The molecule has 0 atom stereocenters. The van der Waals surface area contributed by atoms with Crippen molar-refractivity contribution in [1.82, 2.24) is 25.1 Å². The van der Waals surface area contributed by atoms with E-state index in [0.29, 0.717) is 92.6 Å². The molecule has 2 heterocycles. The van der Waals surface area contributed by atoms with Crippen LogP contribution in [0.15, 0.2) is 84.9 Å². The summed E-state index contributed by atoms with van der Waals surface area (Å²) in [6, 6.07) is 25.3. The molecule has 4 aromatic carbocycles. The predicted molar refractivity (Wildman–Crippen MR) is 207 cm³/mol. The Kier molecular flexibility index (Phi) is 12.2. The van der Waals surface area contributed by atoms with Crippen LogP contribution in [-0.4, -0.2) is 117 Å². The van der Waals surface area contributed by atoms with Gasteiger partial charge in [-0.05, 0) is 53.3 Å². The van der Waals surface area contributed by atoms with Crippen molar-refractivity contribution in [3.63, 3.8) is 0 Å². The van der Waals surface area contributed by atoms with E-state index in [1.54, 1.807) is 35.2 Å². The number of piperazine rings is 1. The van der Waals surface area contributed by atoms with Gasteiger partial charge in [-0.2, -0.15) is 0 Å². The fraction of sp³-hybridized carbons (Fsp3) is 0.357. The molecule has 0 bridgehead atoms. The van der Waals surface area contributed by atoms with Crippen LogP contribution in [0.3, 0.4) is 0 Å². The number of carbonyl (C=O) groups excluding carboxylic acids is 2. The van der Waals surface area contributed by atoms with Crippen LogP contribution >= 0.6 is 0 Å². The summed E-state index contributed by atoms with van der Waals surface area (Å²) in [6.07, 6.45) is 1.17. The summed E-state index contributed by atoms with van der Waals surface area (Å²) in [5, 5.41) is 16.0. The Labute approximate surface area is 321 Å². The van der Waals surface area contributed by atoms with Crippen molar-refractivity contribution < 1.29 is 38.1 Å². The molecular formula is C42H48FN5O7. The molecule has 3 amide bonds. The lowest BCUT2D eigenvalue weighted by atomic mass is 9.81. The molecule has 12 nitrogen and oxygen atoms in total. The number of benzene rings is 4. The number of hydrogen-bond donors (Lipinski definition) is 2. The third-order valence-corrected chi connectivity index (χ3v) is 10.7. The summed E-state index contributed by atoms with van der Waals surface area (Å²) in [4.78, 5) is 43.3. The topological polar surface area (TPSA) is 124 Å². The number of hydrazine groups is 1. The minimum Gasteiger partial charge on any atom is -0.493 e. The van der Waals surface area contributed by atoms with E-state index in [1.165, 1.54) is 33.5 Å². The van der Waals surface area contributed by atoms with Crippen LogP contribution in [0, 0.1) is 5.82 Å². The summed E-state index contributed by atoms with van der Waals surface area (Å²) in [7, 11) is 6.29. The van der Waals surface area contributed by atoms with Crippen LogP contribution in [0.4, 0.5) is 9.18 Å². The lowest BCUT2D eigenvalue weighted by molar-refractivity contribution is -0.137. The monoisotopic (exact) mass is 753 g/mol. The number of rotatable bonds is 12. The molecule has 6 rings (SSSR count). The van der Waals surface area contributed by atoms with E-state index in [2.05, 4.69) is 10.2 Å². The number of amides is 3. The van der Waals surface area contributed by atoms with Crippen LogP contribution in [0.25, 0.3) is 22.3 Å². The number of carboxylic acids is 1. The lowest BCUT2D eigenvalue weighted by Gasteiger charge is -2.46. The van der Waals surface area contributed by atoms with E-state index >= 15 is 0 Å². The molecule has 4 aromatic rings. The summed E-state index contributed by atoms with van der Waals surface area (Å²) in [6.45, 7) is 3.65. The van der Waals surface area contributed by atoms with E-state index in [9.17, 15) is 18.8 Å². The normalized spacial score (nSPS) is 15.9. The average Bonchev–Trinajstić information content (AvgIpc) is 3.22. The highest BCUT2D eigenvalue weighted by Crippen LogP contribution is 2.47. The van der Waals surface area contributed by atoms with Crippen LogP contribution in [0.1, 0.15) is 35.2 Å². The average molecular weight is 754 g/mol. The van der Waals surface area contributed by atoms with Gasteiger partial charge < -0.3 is 29.5 Å². The van der Waals surface area contributed by atoms with Crippen molar-refractivity contribution >= 4 is 17.9 Å². The maximum atomic E-state index is 14.6. The Morgan fingerprint density at radius 2 is 1.36 bits per heavy atom. The zero-order chi connectivity index (χ0) is 39.1. The van der Waals surface area contributed by atoms with E-state index < -0.39 is 11.5 Å². The third kappa shape index (κ3) is 8.53. The Morgan fingerprint density at radius 1 is 0.782 bits per heavy atom. The van der Waals surface area contributed by atoms with Crippen molar-refractivity contribution in [2.75, 3.05) is 74.2 Å². The fourth-order valence-corrected chi connectivity index (χ4v) is 7.52. The van der Waals surface area contributed by atoms with E-state index in [4.69, 9.17) is 19.3 Å². The summed E-state index contributed by atoms with van der Waals surface area (Å²) >= 11 is 0. The highest BCUT2D eigenvalue weighted by atomic mass is 19.1. The fourth-order valence-electron chi connectivity index (χ4n) is 7.52. The van der Waals surface area contributed by atoms with Gasteiger partial charge in [-0.15, -0.1) is 0 Å². The molecule has 290 valence electrons. The van der Waals surface area contributed by atoms with Crippen LogP contribution in [-0.2, 0) is 10.3 Å². The quantitative estimate of drug-likeness (QED) is 0.180. The maximum Gasteiger partial charge on any atom is 0.318 e. The highest BCUT2D eigenvalue weighted by Gasteiger charge is 2.41. The van der Waals surface area contributed by atoms with Crippen LogP contribution in [0.5, 0.6) is 17.2 Å². The van der Waals surface area contributed by atoms with Gasteiger partial charge in [0.1, 0.15) is 5.82 Å². The number of aliphatic carboxylic acids is 1. The largest absolute Gasteiger partial charge is 0.493 e. The Balaban J connectivity index is 1.23. The molecule has 0 saturated carbocycles. The Morgan fingerprint density at radius 3 is 1.93 bits per heavy atom.